The smallest absolute Gasteiger partial charge is 0.391 e. The molecule has 0 aliphatic rings. The standard InChI is InChI=1S/C6H11NO3/c1-3-7-5(6(8)9)10-4-2/h3-4H2,1-2H3,(H,8,9). The van der Waals surface area contributed by atoms with Crippen LogP contribution in [0.4, 0.5) is 0 Å². The van der Waals surface area contributed by atoms with E-state index in [9.17, 15) is 4.79 Å². The van der Waals surface area contributed by atoms with Crippen LogP contribution in [-0.2, 0) is 9.53 Å². The lowest BCUT2D eigenvalue weighted by atomic mass is 10.6. The third-order valence-electron chi connectivity index (χ3n) is 0.766. The minimum atomic E-state index is -1.11. The first-order chi connectivity index (χ1) is 4.72. The maximum atomic E-state index is 10.2. The summed E-state index contributed by atoms with van der Waals surface area (Å²) in [5, 5.41) is 8.38. The predicted molar refractivity (Wildman–Crippen MR) is 37.2 cm³/mol. The first-order valence-electron chi connectivity index (χ1n) is 3.12. The second-order valence-corrected chi connectivity index (χ2v) is 1.52. The van der Waals surface area contributed by atoms with Crippen LogP contribution in [-0.4, -0.2) is 30.1 Å². The Hall–Kier alpha value is -1.06. The minimum Gasteiger partial charge on any atom is -0.474 e. The van der Waals surface area contributed by atoms with Crippen molar-refractivity contribution in [2.24, 2.45) is 4.99 Å². The molecule has 0 saturated heterocycles. The molecule has 10 heavy (non-hydrogen) atoms. The molecule has 0 aromatic carbocycles. The first kappa shape index (κ1) is 8.94. The van der Waals surface area contributed by atoms with Crippen LogP contribution in [0, 0.1) is 0 Å². The van der Waals surface area contributed by atoms with E-state index in [-0.39, 0.29) is 5.90 Å². The lowest BCUT2D eigenvalue weighted by Crippen LogP contribution is -2.17. The van der Waals surface area contributed by atoms with Crippen LogP contribution in [0.1, 0.15) is 13.8 Å². The zero-order valence-corrected chi connectivity index (χ0v) is 6.13. The van der Waals surface area contributed by atoms with Gasteiger partial charge in [-0.2, -0.15) is 0 Å². The highest BCUT2D eigenvalue weighted by molar-refractivity contribution is 6.31. The summed E-state index contributed by atoms with van der Waals surface area (Å²) < 4.78 is 4.69. The Labute approximate surface area is 59.5 Å². The van der Waals surface area contributed by atoms with Crippen LogP contribution >= 0.6 is 0 Å². The lowest BCUT2D eigenvalue weighted by Gasteiger charge is -1.99. The molecule has 0 atom stereocenters. The van der Waals surface area contributed by atoms with Crippen LogP contribution < -0.4 is 0 Å². The molecule has 0 amide bonds. The molecule has 0 aromatic rings. The van der Waals surface area contributed by atoms with Crippen LogP contribution in [0.5, 0.6) is 0 Å². The van der Waals surface area contributed by atoms with Crippen molar-refractivity contribution in [1.29, 1.82) is 0 Å². The molecule has 4 nitrogen and oxygen atoms in total. The van der Waals surface area contributed by atoms with Gasteiger partial charge in [0.25, 0.3) is 5.90 Å². The quantitative estimate of drug-likeness (QED) is 0.455. The molecule has 1 N–H and O–H groups in total. The van der Waals surface area contributed by atoms with E-state index in [1.165, 1.54) is 0 Å². The normalized spacial score (nSPS) is 11.2. The number of carbonyl (C=O) groups is 1. The summed E-state index contributed by atoms with van der Waals surface area (Å²) in [4.78, 5) is 13.8. The van der Waals surface area contributed by atoms with Crippen LogP contribution in [0.2, 0.25) is 0 Å². The van der Waals surface area contributed by atoms with E-state index >= 15 is 0 Å². The Kier molecular flexibility index (Phi) is 4.28. The predicted octanol–water partition coefficient (Wildman–Crippen LogP) is 0.526. The van der Waals surface area contributed by atoms with Gasteiger partial charge in [0.05, 0.1) is 6.61 Å². The van der Waals surface area contributed by atoms with Crippen molar-refractivity contribution in [3.05, 3.63) is 0 Å². The molecule has 0 fully saturated rings. The molecule has 0 unspecified atom stereocenters. The summed E-state index contributed by atoms with van der Waals surface area (Å²) in [6.07, 6.45) is 0. The van der Waals surface area contributed by atoms with E-state index in [1.54, 1.807) is 13.8 Å². The summed E-state index contributed by atoms with van der Waals surface area (Å²) in [5.41, 5.74) is 0. The molecule has 0 spiro atoms. The van der Waals surface area contributed by atoms with Crippen LogP contribution in [0.25, 0.3) is 0 Å². The van der Waals surface area contributed by atoms with Crippen molar-refractivity contribution in [2.45, 2.75) is 13.8 Å². The Morgan fingerprint density at radius 3 is 2.50 bits per heavy atom. The number of ether oxygens (including phenoxy) is 1. The second-order valence-electron chi connectivity index (χ2n) is 1.52. The number of carboxylic acids is 1. The van der Waals surface area contributed by atoms with Crippen molar-refractivity contribution in [3.63, 3.8) is 0 Å². The topological polar surface area (TPSA) is 58.9 Å². The van der Waals surface area contributed by atoms with E-state index in [4.69, 9.17) is 9.84 Å². The molecule has 0 heterocycles. The van der Waals surface area contributed by atoms with Gasteiger partial charge in [-0.3, -0.25) is 0 Å². The van der Waals surface area contributed by atoms with Crippen molar-refractivity contribution in [3.8, 4) is 0 Å². The Morgan fingerprint density at radius 1 is 1.60 bits per heavy atom. The fraction of sp³-hybridized carbons (Fsp3) is 0.667. The largest absolute Gasteiger partial charge is 0.474 e. The van der Waals surface area contributed by atoms with Crippen LogP contribution in [0.15, 0.2) is 4.99 Å². The summed E-state index contributed by atoms with van der Waals surface area (Å²) in [6.45, 7) is 4.24. The fourth-order valence-electron chi connectivity index (χ4n) is 0.455. The maximum Gasteiger partial charge on any atom is 0.391 e. The van der Waals surface area contributed by atoms with E-state index in [2.05, 4.69) is 4.99 Å². The highest BCUT2D eigenvalue weighted by Gasteiger charge is 2.07. The number of nitrogens with zero attached hydrogens (tertiary/aromatic N) is 1. The SMILES string of the molecule is CCN=C(OCC)C(=O)O. The Balaban J connectivity index is 3.98. The van der Waals surface area contributed by atoms with Gasteiger partial charge in [0.2, 0.25) is 0 Å². The maximum absolute atomic E-state index is 10.2. The van der Waals surface area contributed by atoms with Crippen molar-refractivity contribution < 1.29 is 14.6 Å². The van der Waals surface area contributed by atoms with Gasteiger partial charge >= 0.3 is 5.97 Å². The molecular weight excluding hydrogens is 134 g/mol. The number of rotatable bonds is 2. The average Bonchev–Trinajstić information content (AvgIpc) is 1.87. The molecule has 58 valence electrons. The van der Waals surface area contributed by atoms with E-state index in [0.29, 0.717) is 13.2 Å². The van der Waals surface area contributed by atoms with Gasteiger partial charge in [0.15, 0.2) is 0 Å². The molecular formula is C6H11NO3. The molecule has 0 aliphatic heterocycles. The number of aliphatic imine (C=N–C) groups is 1. The summed E-state index contributed by atoms with van der Waals surface area (Å²) in [5.74, 6) is -1.31. The summed E-state index contributed by atoms with van der Waals surface area (Å²) in [6, 6.07) is 0. The molecule has 4 heteroatoms. The van der Waals surface area contributed by atoms with Gasteiger partial charge in [-0.15, -0.1) is 0 Å². The average molecular weight is 145 g/mol. The Morgan fingerprint density at radius 2 is 2.20 bits per heavy atom. The zero-order valence-electron chi connectivity index (χ0n) is 6.13. The van der Waals surface area contributed by atoms with Crippen molar-refractivity contribution in [1.82, 2.24) is 0 Å². The highest BCUT2D eigenvalue weighted by atomic mass is 16.5. The van der Waals surface area contributed by atoms with Gasteiger partial charge in [0.1, 0.15) is 0 Å². The minimum absolute atomic E-state index is 0.204. The van der Waals surface area contributed by atoms with Gasteiger partial charge in [-0.05, 0) is 13.8 Å². The fourth-order valence-corrected chi connectivity index (χ4v) is 0.455. The lowest BCUT2D eigenvalue weighted by molar-refractivity contribution is -0.131. The number of hydrogen-bond donors (Lipinski definition) is 1. The third-order valence-corrected chi connectivity index (χ3v) is 0.766. The van der Waals surface area contributed by atoms with E-state index in [1.807, 2.05) is 0 Å². The van der Waals surface area contributed by atoms with Crippen molar-refractivity contribution >= 4 is 11.9 Å². The van der Waals surface area contributed by atoms with E-state index < -0.39 is 5.97 Å². The van der Waals surface area contributed by atoms with Gasteiger partial charge in [-0.1, -0.05) is 0 Å². The molecule has 0 radical (unpaired) electrons. The first-order valence-corrected chi connectivity index (χ1v) is 3.12. The summed E-state index contributed by atoms with van der Waals surface area (Å²) >= 11 is 0. The van der Waals surface area contributed by atoms with Crippen LogP contribution in [0.3, 0.4) is 0 Å². The molecule has 0 aliphatic carbocycles. The third kappa shape index (κ3) is 3.06. The number of aliphatic carboxylic acids is 1. The monoisotopic (exact) mass is 145 g/mol. The number of carboxylic acid groups (broad SMARTS) is 1. The van der Waals surface area contributed by atoms with Crippen molar-refractivity contribution in [2.75, 3.05) is 13.2 Å². The summed E-state index contributed by atoms with van der Waals surface area (Å²) in [7, 11) is 0. The van der Waals surface area contributed by atoms with Gasteiger partial charge in [-0.25, -0.2) is 9.79 Å². The molecule has 0 aromatic heterocycles. The Bertz CT molecular complexity index is 142. The van der Waals surface area contributed by atoms with Gasteiger partial charge < -0.3 is 9.84 Å². The number of hydrogen-bond acceptors (Lipinski definition) is 3. The molecule has 0 bridgehead atoms. The second kappa shape index (κ2) is 4.78. The highest BCUT2D eigenvalue weighted by Crippen LogP contribution is 1.83. The zero-order chi connectivity index (χ0) is 7.98. The molecule has 0 saturated carbocycles. The van der Waals surface area contributed by atoms with Gasteiger partial charge in [0, 0.05) is 6.54 Å². The molecule has 0 rings (SSSR count). The van der Waals surface area contributed by atoms with E-state index in [0.717, 1.165) is 0 Å².